The summed E-state index contributed by atoms with van der Waals surface area (Å²) >= 11 is 1.41. The molecule has 0 spiro atoms. The van der Waals surface area contributed by atoms with Gasteiger partial charge in [0.15, 0.2) is 5.75 Å². The van der Waals surface area contributed by atoms with Crippen molar-refractivity contribution in [3.8, 4) is 11.8 Å². The molecular weight excluding hydrogens is 274 g/mol. The molecule has 2 rings (SSSR count). The van der Waals surface area contributed by atoms with Gasteiger partial charge in [-0.05, 0) is 20.3 Å². The Hall–Kier alpha value is -1.45. The topological polar surface area (TPSA) is 71.5 Å². The molecule has 2 heterocycles. The Labute approximate surface area is 123 Å². The Morgan fingerprint density at radius 1 is 1.60 bits per heavy atom. The van der Waals surface area contributed by atoms with Crippen LogP contribution in [0.2, 0.25) is 0 Å². The predicted octanol–water partition coefficient (Wildman–Crippen LogP) is 2.60. The number of anilines is 2. The van der Waals surface area contributed by atoms with Crippen LogP contribution in [0.3, 0.4) is 0 Å². The smallest absolute Gasteiger partial charge is 0.178 e. The molecule has 0 bridgehead atoms. The summed E-state index contributed by atoms with van der Waals surface area (Å²) in [6, 6.07) is 2.15. The van der Waals surface area contributed by atoms with E-state index < -0.39 is 0 Å². The van der Waals surface area contributed by atoms with E-state index in [1.807, 2.05) is 13.8 Å². The molecule has 1 saturated heterocycles. The third-order valence-electron chi connectivity index (χ3n) is 3.22. The van der Waals surface area contributed by atoms with Crippen molar-refractivity contribution < 1.29 is 9.47 Å². The Balaban J connectivity index is 2.32. The second-order valence-electron chi connectivity index (χ2n) is 5.10. The number of nitrogen functional groups attached to an aromatic ring is 1. The second-order valence-corrected chi connectivity index (χ2v) is 6.10. The fourth-order valence-corrected chi connectivity index (χ4v) is 3.20. The van der Waals surface area contributed by atoms with E-state index in [0.29, 0.717) is 22.9 Å². The molecule has 1 atom stereocenters. The zero-order valence-electron chi connectivity index (χ0n) is 12.2. The number of hydrogen-bond donors (Lipinski definition) is 1. The highest BCUT2D eigenvalue weighted by Gasteiger charge is 2.27. The second kappa shape index (κ2) is 6.33. The lowest BCUT2D eigenvalue weighted by Crippen LogP contribution is -2.42. The number of rotatable bonds is 4. The largest absolute Gasteiger partial charge is 0.486 e. The molecule has 2 N–H and O–H groups in total. The molecule has 0 aromatic carbocycles. The van der Waals surface area contributed by atoms with Gasteiger partial charge in [-0.2, -0.15) is 5.26 Å². The SMILES string of the molecule is CCC1CN(c2sc(C#N)c(N)c2OC(C)C)CCO1. The van der Waals surface area contributed by atoms with Gasteiger partial charge in [-0.25, -0.2) is 0 Å². The number of nitrogens with two attached hydrogens (primary N) is 1. The molecular formula is C14H21N3O2S. The molecule has 0 amide bonds. The van der Waals surface area contributed by atoms with Crippen LogP contribution in [0.1, 0.15) is 32.1 Å². The van der Waals surface area contributed by atoms with Crippen LogP contribution in [0.4, 0.5) is 10.7 Å². The normalized spacial score (nSPS) is 19.1. The Kier molecular flexibility index (Phi) is 4.73. The zero-order valence-corrected chi connectivity index (χ0v) is 13.0. The standard InChI is InChI=1S/C14H21N3O2S/c1-4-10-8-17(5-6-18-10)14-13(19-9(2)3)12(16)11(7-15)20-14/h9-10H,4-6,8,16H2,1-3H3. The van der Waals surface area contributed by atoms with Crippen molar-refractivity contribution in [2.75, 3.05) is 30.3 Å². The minimum atomic E-state index is 0.0280. The molecule has 1 aromatic heterocycles. The van der Waals surface area contributed by atoms with Gasteiger partial charge in [0.2, 0.25) is 0 Å². The maximum atomic E-state index is 9.17. The fourth-order valence-electron chi connectivity index (χ4n) is 2.21. The lowest BCUT2D eigenvalue weighted by molar-refractivity contribution is 0.0384. The number of hydrogen-bond acceptors (Lipinski definition) is 6. The van der Waals surface area contributed by atoms with Crippen molar-refractivity contribution in [1.29, 1.82) is 5.26 Å². The minimum Gasteiger partial charge on any atom is -0.486 e. The van der Waals surface area contributed by atoms with E-state index >= 15 is 0 Å². The summed E-state index contributed by atoms with van der Waals surface area (Å²) in [4.78, 5) is 2.74. The van der Waals surface area contributed by atoms with Crippen LogP contribution in [0.15, 0.2) is 0 Å². The summed E-state index contributed by atoms with van der Waals surface area (Å²) in [6.45, 7) is 8.34. The van der Waals surface area contributed by atoms with Crippen LogP contribution >= 0.6 is 11.3 Å². The van der Waals surface area contributed by atoms with Crippen molar-refractivity contribution >= 4 is 22.0 Å². The van der Waals surface area contributed by atoms with E-state index in [-0.39, 0.29) is 12.2 Å². The molecule has 1 aromatic rings. The van der Waals surface area contributed by atoms with Crippen LogP contribution in [-0.4, -0.2) is 31.9 Å². The van der Waals surface area contributed by atoms with Crippen LogP contribution in [0, 0.1) is 11.3 Å². The van der Waals surface area contributed by atoms with Crippen molar-refractivity contribution in [3.63, 3.8) is 0 Å². The van der Waals surface area contributed by atoms with Gasteiger partial charge in [0.1, 0.15) is 21.6 Å². The van der Waals surface area contributed by atoms with Crippen LogP contribution < -0.4 is 15.4 Å². The molecule has 6 heteroatoms. The van der Waals surface area contributed by atoms with E-state index in [1.165, 1.54) is 11.3 Å². The van der Waals surface area contributed by atoms with Crippen molar-refractivity contribution in [2.24, 2.45) is 0 Å². The molecule has 110 valence electrons. The predicted molar refractivity (Wildman–Crippen MR) is 81.5 cm³/mol. The van der Waals surface area contributed by atoms with Gasteiger partial charge in [-0.1, -0.05) is 6.92 Å². The third kappa shape index (κ3) is 3.00. The first kappa shape index (κ1) is 14.9. The van der Waals surface area contributed by atoms with Gasteiger partial charge in [-0.3, -0.25) is 0 Å². The summed E-state index contributed by atoms with van der Waals surface area (Å²) in [5.74, 6) is 0.651. The van der Waals surface area contributed by atoms with Gasteiger partial charge in [0.05, 0.1) is 18.8 Å². The maximum absolute atomic E-state index is 9.17. The van der Waals surface area contributed by atoms with Crippen molar-refractivity contribution in [2.45, 2.75) is 39.4 Å². The average Bonchev–Trinajstić information content (AvgIpc) is 2.75. The highest BCUT2D eigenvalue weighted by atomic mass is 32.1. The summed E-state index contributed by atoms with van der Waals surface area (Å²) in [7, 11) is 0. The summed E-state index contributed by atoms with van der Waals surface area (Å²) in [6.07, 6.45) is 1.23. The average molecular weight is 295 g/mol. The molecule has 5 nitrogen and oxygen atoms in total. The molecule has 0 saturated carbocycles. The summed E-state index contributed by atoms with van der Waals surface area (Å²) in [5, 5.41) is 10.1. The molecule has 0 radical (unpaired) electrons. The van der Waals surface area contributed by atoms with Gasteiger partial charge in [0, 0.05) is 13.1 Å². The fraction of sp³-hybridized carbons (Fsp3) is 0.643. The zero-order chi connectivity index (χ0) is 14.7. The molecule has 1 aliphatic heterocycles. The van der Waals surface area contributed by atoms with Crippen molar-refractivity contribution in [3.05, 3.63) is 4.88 Å². The van der Waals surface area contributed by atoms with E-state index in [4.69, 9.17) is 20.5 Å². The lowest BCUT2D eigenvalue weighted by atomic mass is 10.2. The number of nitrogens with zero attached hydrogens (tertiary/aromatic N) is 2. The van der Waals surface area contributed by atoms with E-state index in [9.17, 15) is 0 Å². The van der Waals surface area contributed by atoms with Crippen molar-refractivity contribution in [1.82, 2.24) is 0 Å². The highest BCUT2D eigenvalue weighted by molar-refractivity contribution is 7.17. The molecule has 1 aliphatic rings. The number of nitriles is 1. The number of thiophene rings is 1. The third-order valence-corrected chi connectivity index (χ3v) is 4.37. The Morgan fingerprint density at radius 2 is 2.35 bits per heavy atom. The molecule has 1 unspecified atom stereocenters. The lowest BCUT2D eigenvalue weighted by Gasteiger charge is -2.33. The Bertz CT molecular complexity index is 507. The van der Waals surface area contributed by atoms with Gasteiger partial charge in [0.25, 0.3) is 0 Å². The Morgan fingerprint density at radius 3 is 2.95 bits per heavy atom. The number of ether oxygens (including phenoxy) is 2. The van der Waals surface area contributed by atoms with Gasteiger partial charge in [-0.15, -0.1) is 11.3 Å². The number of morpholine rings is 1. The van der Waals surface area contributed by atoms with E-state index in [0.717, 1.165) is 24.5 Å². The van der Waals surface area contributed by atoms with E-state index in [1.54, 1.807) is 0 Å². The van der Waals surface area contributed by atoms with Crippen LogP contribution in [0.5, 0.6) is 5.75 Å². The summed E-state index contributed by atoms with van der Waals surface area (Å²) in [5.41, 5.74) is 6.50. The van der Waals surface area contributed by atoms with E-state index in [2.05, 4.69) is 17.9 Å². The minimum absolute atomic E-state index is 0.0280. The monoisotopic (exact) mass is 295 g/mol. The highest BCUT2D eigenvalue weighted by Crippen LogP contribution is 2.45. The molecule has 20 heavy (non-hydrogen) atoms. The van der Waals surface area contributed by atoms with Gasteiger partial charge >= 0.3 is 0 Å². The first-order chi connectivity index (χ1) is 9.56. The molecule has 1 fully saturated rings. The van der Waals surface area contributed by atoms with Crippen LogP contribution in [-0.2, 0) is 4.74 Å². The maximum Gasteiger partial charge on any atom is 0.178 e. The summed E-state index contributed by atoms with van der Waals surface area (Å²) < 4.78 is 11.5. The van der Waals surface area contributed by atoms with Gasteiger partial charge < -0.3 is 20.1 Å². The first-order valence-electron chi connectivity index (χ1n) is 6.92. The quantitative estimate of drug-likeness (QED) is 0.924. The van der Waals surface area contributed by atoms with Crippen LogP contribution in [0.25, 0.3) is 0 Å². The molecule has 0 aliphatic carbocycles. The first-order valence-corrected chi connectivity index (χ1v) is 7.74.